The zero-order valence-electron chi connectivity index (χ0n) is 15.4. The van der Waals surface area contributed by atoms with Crippen LogP contribution in [0.5, 0.6) is 0 Å². The number of ketones is 1. The highest BCUT2D eigenvalue weighted by molar-refractivity contribution is 9.10. The van der Waals surface area contributed by atoms with E-state index >= 15 is 0 Å². The first-order valence-electron chi connectivity index (χ1n) is 8.54. The molecule has 3 rings (SSSR count). The highest BCUT2D eigenvalue weighted by Gasteiger charge is 2.46. The molecule has 1 aromatic heterocycles. The van der Waals surface area contributed by atoms with Crippen LogP contribution in [0.3, 0.4) is 0 Å². The number of aliphatic hydroxyl groups excluding tert-OH is 1. The van der Waals surface area contributed by atoms with E-state index < -0.39 is 17.7 Å². The molecule has 1 aliphatic rings. The van der Waals surface area contributed by atoms with Crippen molar-refractivity contribution in [1.29, 1.82) is 0 Å². The summed E-state index contributed by atoms with van der Waals surface area (Å²) in [4.78, 5) is 30.0. The smallest absolute Gasteiger partial charge is 0.295 e. The van der Waals surface area contributed by atoms with Crippen molar-refractivity contribution in [2.75, 3.05) is 27.2 Å². The van der Waals surface area contributed by atoms with E-state index in [-0.39, 0.29) is 11.3 Å². The molecule has 0 saturated carbocycles. The Morgan fingerprint density at radius 1 is 1.22 bits per heavy atom. The van der Waals surface area contributed by atoms with E-state index in [1.54, 1.807) is 29.2 Å². The number of Topliss-reactive ketones (excluding diaryl/α,β-unsaturated/α-hetero) is 1. The Morgan fingerprint density at radius 2 is 1.89 bits per heavy atom. The number of carbonyl (C=O) groups is 2. The normalized spacial score (nSPS) is 19.3. The number of aliphatic hydroxyl groups is 1. The van der Waals surface area contributed by atoms with Crippen LogP contribution >= 0.6 is 27.3 Å². The van der Waals surface area contributed by atoms with E-state index in [1.165, 1.54) is 11.3 Å². The molecule has 0 bridgehead atoms. The summed E-state index contributed by atoms with van der Waals surface area (Å²) in [6.07, 6.45) is 0. The topological polar surface area (TPSA) is 60.9 Å². The molecule has 1 unspecified atom stereocenters. The van der Waals surface area contributed by atoms with Gasteiger partial charge in [0, 0.05) is 28.0 Å². The summed E-state index contributed by atoms with van der Waals surface area (Å²) in [6, 6.07) is 8.45. The predicted octanol–water partition coefficient (Wildman–Crippen LogP) is 3.80. The minimum atomic E-state index is -0.632. The Balaban J connectivity index is 2.13. The van der Waals surface area contributed by atoms with Gasteiger partial charge in [-0.2, -0.15) is 0 Å². The fraction of sp³-hybridized carbons (Fsp3) is 0.300. The molecule has 1 amide bonds. The summed E-state index contributed by atoms with van der Waals surface area (Å²) >= 11 is 4.86. The predicted molar refractivity (Wildman–Crippen MR) is 111 cm³/mol. The Hall–Kier alpha value is -1.96. The van der Waals surface area contributed by atoms with Crippen molar-refractivity contribution in [3.8, 4) is 0 Å². The maximum Gasteiger partial charge on any atom is 0.295 e. The summed E-state index contributed by atoms with van der Waals surface area (Å²) in [5.41, 5.74) is 1.68. The molecular formula is C20H21BrN2O3S. The number of amides is 1. The van der Waals surface area contributed by atoms with Crippen LogP contribution in [0.1, 0.15) is 22.0 Å². The second-order valence-corrected chi connectivity index (χ2v) is 8.63. The van der Waals surface area contributed by atoms with Crippen molar-refractivity contribution in [2.24, 2.45) is 0 Å². The highest BCUT2D eigenvalue weighted by Crippen LogP contribution is 2.42. The zero-order valence-corrected chi connectivity index (χ0v) is 17.8. The number of halogens is 1. The second-order valence-electron chi connectivity index (χ2n) is 6.77. The molecule has 2 heterocycles. The molecule has 7 heteroatoms. The van der Waals surface area contributed by atoms with Crippen molar-refractivity contribution in [3.63, 3.8) is 0 Å². The average molecular weight is 449 g/mol. The lowest BCUT2D eigenvalue weighted by Crippen LogP contribution is -2.35. The van der Waals surface area contributed by atoms with Gasteiger partial charge in [-0.05, 0) is 50.2 Å². The van der Waals surface area contributed by atoms with Gasteiger partial charge in [0.25, 0.3) is 11.7 Å². The number of nitrogens with zero attached hydrogens (tertiary/aromatic N) is 2. The molecule has 1 saturated heterocycles. The summed E-state index contributed by atoms with van der Waals surface area (Å²) in [5.74, 6) is -1.33. The van der Waals surface area contributed by atoms with E-state index in [0.29, 0.717) is 18.7 Å². The van der Waals surface area contributed by atoms with Crippen LogP contribution in [-0.4, -0.2) is 53.8 Å². The average Bonchev–Trinajstić information content (AvgIpc) is 3.15. The van der Waals surface area contributed by atoms with Gasteiger partial charge in [-0.1, -0.05) is 28.1 Å². The van der Waals surface area contributed by atoms with E-state index in [9.17, 15) is 14.7 Å². The lowest BCUT2D eigenvalue weighted by molar-refractivity contribution is -0.140. The van der Waals surface area contributed by atoms with Crippen molar-refractivity contribution >= 4 is 44.7 Å². The number of likely N-dealkylation sites (N-methyl/N-ethyl adjacent to an activating group) is 1. The first kappa shape index (κ1) is 19.8. The SMILES string of the molecule is Cc1ccsc1C1/C(=C(/O)c2ccc(Br)cc2)C(=O)C(=O)N1CCN(C)C. The van der Waals surface area contributed by atoms with Crippen LogP contribution in [0.2, 0.25) is 0 Å². The molecule has 0 aliphatic carbocycles. The molecular weight excluding hydrogens is 428 g/mol. The Kier molecular flexibility index (Phi) is 5.83. The molecule has 27 heavy (non-hydrogen) atoms. The Bertz CT molecular complexity index is 902. The second kappa shape index (κ2) is 7.96. The Morgan fingerprint density at radius 3 is 2.44 bits per heavy atom. The van der Waals surface area contributed by atoms with Crippen molar-refractivity contribution in [3.05, 3.63) is 61.8 Å². The van der Waals surface area contributed by atoms with Gasteiger partial charge in [-0.3, -0.25) is 9.59 Å². The maximum atomic E-state index is 12.8. The molecule has 1 atom stereocenters. The minimum absolute atomic E-state index is 0.133. The molecule has 2 aromatic rings. The van der Waals surface area contributed by atoms with E-state index in [1.807, 2.05) is 37.4 Å². The van der Waals surface area contributed by atoms with E-state index in [0.717, 1.165) is 14.9 Å². The molecule has 1 N–H and O–H groups in total. The minimum Gasteiger partial charge on any atom is -0.507 e. The summed E-state index contributed by atoms with van der Waals surface area (Å²) in [6.45, 7) is 3.00. The third-order valence-corrected chi connectivity index (χ3v) is 6.20. The first-order chi connectivity index (χ1) is 12.8. The lowest BCUT2D eigenvalue weighted by atomic mass is 9.98. The van der Waals surface area contributed by atoms with Crippen LogP contribution < -0.4 is 0 Å². The Labute approximate surface area is 171 Å². The third kappa shape index (κ3) is 3.85. The summed E-state index contributed by atoms with van der Waals surface area (Å²) in [5, 5.41) is 12.9. The van der Waals surface area contributed by atoms with Gasteiger partial charge in [-0.15, -0.1) is 11.3 Å². The quantitative estimate of drug-likeness (QED) is 0.429. The summed E-state index contributed by atoms with van der Waals surface area (Å²) < 4.78 is 0.871. The lowest BCUT2D eigenvalue weighted by Gasteiger charge is -2.26. The van der Waals surface area contributed by atoms with Gasteiger partial charge in [-0.25, -0.2) is 0 Å². The van der Waals surface area contributed by atoms with Crippen LogP contribution in [0.25, 0.3) is 5.76 Å². The third-order valence-electron chi connectivity index (χ3n) is 4.60. The van der Waals surface area contributed by atoms with Crippen LogP contribution in [0, 0.1) is 6.92 Å². The summed E-state index contributed by atoms with van der Waals surface area (Å²) in [7, 11) is 3.84. The number of aryl methyl sites for hydroxylation is 1. The van der Waals surface area contributed by atoms with E-state index in [2.05, 4.69) is 15.9 Å². The first-order valence-corrected chi connectivity index (χ1v) is 10.2. The zero-order chi connectivity index (χ0) is 19.7. The number of hydrogen-bond acceptors (Lipinski definition) is 5. The molecule has 1 fully saturated rings. The highest BCUT2D eigenvalue weighted by atomic mass is 79.9. The fourth-order valence-corrected chi connectivity index (χ4v) is 4.43. The number of likely N-dealkylation sites (tertiary alicyclic amines) is 1. The van der Waals surface area contributed by atoms with E-state index in [4.69, 9.17) is 0 Å². The molecule has 0 spiro atoms. The monoisotopic (exact) mass is 448 g/mol. The van der Waals surface area contributed by atoms with Gasteiger partial charge in [0.1, 0.15) is 5.76 Å². The van der Waals surface area contributed by atoms with Crippen molar-refractivity contribution in [2.45, 2.75) is 13.0 Å². The number of thiophene rings is 1. The molecule has 142 valence electrons. The van der Waals surface area contributed by atoms with Crippen molar-refractivity contribution < 1.29 is 14.7 Å². The largest absolute Gasteiger partial charge is 0.507 e. The number of rotatable bonds is 5. The van der Waals surface area contributed by atoms with Gasteiger partial charge < -0.3 is 14.9 Å². The molecule has 0 radical (unpaired) electrons. The van der Waals surface area contributed by atoms with Gasteiger partial charge in [0.2, 0.25) is 0 Å². The van der Waals surface area contributed by atoms with Gasteiger partial charge in [0.15, 0.2) is 0 Å². The van der Waals surface area contributed by atoms with Gasteiger partial charge in [0.05, 0.1) is 11.6 Å². The number of benzene rings is 1. The molecule has 5 nitrogen and oxygen atoms in total. The molecule has 1 aromatic carbocycles. The van der Waals surface area contributed by atoms with Gasteiger partial charge >= 0.3 is 0 Å². The van der Waals surface area contributed by atoms with Crippen LogP contribution in [0.15, 0.2) is 45.8 Å². The standard InChI is InChI=1S/C20H21BrN2O3S/c1-12-8-11-27-19(12)16-15(17(24)13-4-6-14(21)7-5-13)18(25)20(26)23(16)10-9-22(2)3/h4-8,11,16,24H,9-10H2,1-3H3/b17-15-. The van der Waals surface area contributed by atoms with Crippen LogP contribution in [-0.2, 0) is 9.59 Å². The van der Waals surface area contributed by atoms with Crippen molar-refractivity contribution in [1.82, 2.24) is 9.80 Å². The maximum absolute atomic E-state index is 12.8. The number of hydrogen-bond donors (Lipinski definition) is 1. The van der Waals surface area contributed by atoms with Crippen LogP contribution in [0.4, 0.5) is 0 Å². The molecule has 1 aliphatic heterocycles. The fourth-order valence-electron chi connectivity index (χ4n) is 3.12. The number of carbonyl (C=O) groups excluding carboxylic acids is 2.